The van der Waals surface area contributed by atoms with E-state index in [0.717, 1.165) is 44.1 Å². The molecule has 1 heterocycles. The number of methoxy groups -OCH3 is 1. The second-order valence-corrected chi connectivity index (χ2v) is 5.04. The van der Waals surface area contributed by atoms with E-state index in [1.165, 1.54) is 12.0 Å². The molecule has 0 saturated heterocycles. The van der Waals surface area contributed by atoms with Gasteiger partial charge < -0.3 is 9.47 Å². The average molecular weight is 249 g/mol. The Labute approximate surface area is 110 Å². The highest BCUT2D eigenvalue weighted by molar-refractivity contribution is 5.30. The van der Waals surface area contributed by atoms with E-state index in [1.54, 1.807) is 7.11 Å². The normalized spacial score (nSPS) is 21.9. The van der Waals surface area contributed by atoms with Gasteiger partial charge in [0.1, 0.15) is 5.75 Å². The number of rotatable bonds is 8. The summed E-state index contributed by atoms with van der Waals surface area (Å²) in [6.07, 6.45) is 8.47. The maximum absolute atomic E-state index is 5.69. The fraction of sp³-hybridized carbons (Fsp3) is 0.667. The van der Waals surface area contributed by atoms with Crippen LogP contribution in [-0.4, -0.2) is 25.3 Å². The molecule has 1 fully saturated rings. The van der Waals surface area contributed by atoms with Gasteiger partial charge >= 0.3 is 0 Å². The van der Waals surface area contributed by atoms with E-state index < -0.39 is 0 Å². The SMILES string of the molecule is CCCCOc1cncc([C@H]2C[C@@H]2CCOC)c1. The fourth-order valence-corrected chi connectivity index (χ4v) is 2.30. The zero-order valence-electron chi connectivity index (χ0n) is 11.4. The molecule has 1 aliphatic carbocycles. The minimum atomic E-state index is 0.669. The molecule has 1 aromatic heterocycles. The van der Waals surface area contributed by atoms with Crippen LogP contribution in [0.1, 0.15) is 44.1 Å². The van der Waals surface area contributed by atoms with Crippen molar-refractivity contribution in [2.24, 2.45) is 5.92 Å². The number of hydrogen-bond acceptors (Lipinski definition) is 3. The summed E-state index contributed by atoms with van der Waals surface area (Å²) in [4.78, 5) is 4.28. The minimum Gasteiger partial charge on any atom is -0.492 e. The second kappa shape index (κ2) is 6.74. The van der Waals surface area contributed by atoms with Crippen LogP contribution in [0.15, 0.2) is 18.5 Å². The van der Waals surface area contributed by atoms with E-state index in [-0.39, 0.29) is 0 Å². The number of pyridine rings is 1. The van der Waals surface area contributed by atoms with Crippen LogP contribution in [0.3, 0.4) is 0 Å². The Morgan fingerprint density at radius 3 is 3.00 bits per heavy atom. The molecule has 2 rings (SSSR count). The van der Waals surface area contributed by atoms with Crippen molar-refractivity contribution in [3.8, 4) is 5.75 Å². The molecule has 0 amide bonds. The monoisotopic (exact) mass is 249 g/mol. The molecule has 18 heavy (non-hydrogen) atoms. The highest BCUT2D eigenvalue weighted by Crippen LogP contribution is 2.49. The molecule has 0 N–H and O–H groups in total. The number of unbranched alkanes of at least 4 members (excludes halogenated alkanes) is 1. The molecule has 1 saturated carbocycles. The third-order valence-electron chi connectivity index (χ3n) is 3.54. The van der Waals surface area contributed by atoms with Crippen molar-refractivity contribution in [1.82, 2.24) is 4.98 Å². The van der Waals surface area contributed by atoms with Crippen LogP contribution in [0.4, 0.5) is 0 Å². The first kappa shape index (κ1) is 13.3. The lowest BCUT2D eigenvalue weighted by Crippen LogP contribution is -1.98. The van der Waals surface area contributed by atoms with Crippen molar-refractivity contribution in [3.05, 3.63) is 24.0 Å². The number of ether oxygens (including phenoxy) is 2. The lowest BCUT2D eigenvalue weighted by atomic mass is 10.1. The number of nitrogens with zero attached hydrogens (tertiary/aromatic N) is 1. The first-order chi connectivity index (χ1) is 8.85. The lowest BCUT2D eigenvalue weighted by Gasteiger charge is -2.06. The van der Waals surface area contributed by atoms with Gasteiger partial charge in [0.05, 0.1) is 12.8 Å². The molecule has 2 atom stereocenters. The van der Waals surface area contributed by atoms with Crippen molar-refractivity contribution in [2.75, 3.05) is 20.3 Å². The molecule has 1 aromatic rings. The van der Waals surface area contributed by atoms with Gasteiger partial charge in [-0.25, -0.2) is 0 Å². The summed E-state index contributed by atoms with van der Waals surface area (Å²) in [5.41, 5.74) is 1.32. The zero-order valence-corrected chi connectivity index (χ0v) is 11.4. The summed E-state index contributed by atoms with van der Waals surface area (Å²) in [6, 6.07) is 2.15. The van der Waals surface area contributed by atoms with Crippen molar-refractivity contribution in [2.45, 2.75) is 38.5 Å². The van der Waals surface area contributed by atoms with Crippen molar-refractivity contribution in [1.29, 1.82) is 0 Å². The summed E-state index contributed by atoms with van der Waals surface area (Å²) >= 11 is 0. The fourth-order valence-electron chi connectivity index (χ4n) is 2.30. The predicted octanol–water partition coefficient (Wildman–Crippen LogP) is 3.40. The van der Waals surface area contributed by atoms with Gasteiger partial charge in [-0.15, -0.1) is 0 Å². The van der Waals surface area contributed by atoms with Crippen LogP contribution in [0.2, 0.25) is 0 Å². The number of aromatic nitrogens is 1. The second-order valence-electron chi connectivity index (χ2n) is 5.04. The van der Waals surface area contributed by atoms with Crippen molar-refractivity contribution in [3.63, 3.8) is 0 Å². The van der Waals surface area contributed by atoms with Gasteiger partial charge in [-0.3, -0.25) is 4.98 Å². The standard InChI is InChI=1S/C15H23NO2/c1-3-4-6-18-14-8-13(10-16-11-14)15-9-12(15)5-7-17-2/h8,10-12,15H,3-7,9H2,1-2H3/t12-,15-/m0/s1. The Morgan fingerprint density at radius 2 is 2.22 bits per heavy atom. The van der Waals surface area contributed by atoms with Crippen LogP contribution in [0, 0.1) is 5.92 Å². The highest BCUT2D eigenvalue weighted by atomic mass is 16.5. The summed E-state index contributed by atoms with van der Waals surface area (Å²) in [7, 11) is 1.77. The Balaban J connectivity index is 1.84. The molecule has 3 nitrogen and oxygen atoms in total. The maximum Gasteiger partial charge on any atom is 0.137 e. The molecular weight excluding hydrogens is 226 g/mol. The van der Waals surface area contributed by atoms with Crippen molar-refractivity contribution >= 4 is 0 Å². The summed E-state index contributed by atoms with van der Waals surface area (Å²) in [5, 5.41) is 0. The quantitative estimate of drug-likeness (QED) is 0.662. The zero-order chi connectivity index (χ0) is 12.8. The third-order valence-corrected chi connectivity index (χ3v) is 3.54. The molecule has 0 aliphatic heterocycles. The van der Waals surface area contributed by atoms with Gasteiger partial charge in [0.25, 0.3) is 0 Å². The molecular formula is C15H23NO2. The topological polar surface area (TPSA) is 31.4 Å². The molecule has 1 aliphatic rings. The van der Waals surface area contributed by atoms with E-state index in [9.17, 15) is 0 Å². The van der Waals surface area contributed by atoms with Gasteiger partial charge in [-0.05, 0) is 42.7 Å². The molecule has 100 valence electrons. The molecule has 0 aromatic carbocycles. The van der Waals surface area contributed by atoms with Crippen LogP contribution in [-0.2, 0) is 4.74 Å². The predicted molar refractivity (Wildman–Crippen MR) is 72.0 cm³/mol. The minimum absolute atomic E-state index is 0.669. The smallest absolute Gasteiger partial charge is 0.137 e. The first-order valence-electron chi connectivity index (χ1n) is 6.91. The Hall–Kier alpha value is -1.09. The van der Waals surface area contributed by atoms with Crippen LogP contribution >= 0.6 is 0 Å². The molecule has 3 heteroatoms. The number of hydrogen-bond donors (Lipinski definition) is 0. The Bertz CT molecular complexity index is 367. The molecule has 0 unspecified atom stereocenters. The Kier molecular flexibility index (Phi) is 5.00. The van der Waals surface area contributed by atoms with Crippen molar-refractivity contribution < 1.29 is 9.47 Å². The largest absolute Gasteiger partial charge is 0.492 e. The molecule has 0 spiro atoms. The van der Waals surface area contributed by atoms with E-state index >= 15 is 0 Å². The van der Waals surface area contributed by atoms with Crippen LogP contribution < -0.4 is 4.74 Å². The van der Waals surface area contributed by atoms with E-state index in [2.05, 4.69) is 18.0 Å². The summed E-state index contributed by atoms with van der Waals surface area (Å²) in [5.74, 6) is 2.36. The van der Waals surface area contributed by atoms with E-state index in [1.807, 2.05) is 12.4 Å². The van der Waals surface area contributed by atoms with E-state index in [4.69, 9.17) is 9.47 Å². The summed E-state index contributed by atoms with van der Waals surface area (Å²) in [6.45, 7) is 3.82. The van der Waals surface area contributed by atoms with Gasteiger partial charge in [0.2, 0.25) is 0 Å². The third kappa shape index (κ3) is 3.70. The maximum atomic E-state index is 5.69. The van der Waals surface area contributed by atoms with E-state index in [0.29, 0.717) is 5.92 Å². The van der Waals surface area contributed by atoms with Gasteiger partial charge in [0.15, 0.2) is 0 Å². The molecule has 0 bridgehead atoms. The molecule has 0 radical (unpaired) electrons. The first-order valence-corrected chi connectivity index (χ1v) is 6.91. The van der Waals surface area contributed by atoms with Gasteiger partial charge in [-0.1, -0.05) is 13.3 Å². The van der Waals surface area contributed by atoms with Gasteiger partial charge in [0, 0.05) is 19.9 Å². The highest BCUT2D eigenvalue weighted by Gasteiger charge is 2.37. The van der Waals surface area contributed by atoms with Crippen LogP contribution in [0.25, 0.3) is 0 Å². The lowest BCUT2D eigenvalue weighted by molar-refractivity contribution is 0.189. The summed E-state index contributed by atoms with van der Waals surface area (Å²) < 4.78 is 10.8. The Morgan fingerprint density at radius 1 is 1.33 bits per heavy atom. The van der Waals surface area contributed by atoms with Gasteiger partial charge in [-0.2, -0.15) is 0 Å². The van der Waals surface area contributed by atoms with Crippen LogP contribution in [0.5, 0.6) is 5.75 Å². The average Bonchev–Trinajstić information content (AvgIpc) is 3.17.